The highest BCUT2D eigenvalue weighted by Gasteiger charge is 2.10. The van der Waals surface area contributed by atoms with Gasteiger partial charge in [-0.3, -0.25) is 4.79 Å². The van der Waals surface area contributed by atoms with E-state index < -0.39 is 0 Å². The zero-order valence-electron chi connectivity index (χ0n) is 14.9. The summed E-state index contributed by atoms with van der Waals surface area (Å²) < 4.78 is 10.8. The second kappa shape index (κ2) is 7.37. The van der Waals surface area contributed by atoms with Crippen molar-refractivity contribution in [2.45, 2.75) is 13.3 Å². The van der Waals surface area contributed by atoms with Gasteiger partial charge in [0.1, 0.15) is 5.75 Å². The average Bonchev–Trinajstić information content (AvgIpc) is 3.32. The van der Waals surface area contributed by atoms with Gasteiger partial charge in [0.05, 0.1) is 30.3 Å². The molecule has 1 amide bonds. The fourth-order valence-corrected chi connectivity index (χ4v) is 2.88. The summed E-state index contributed by atoms with van der Waals surface area (Å²) in [7, 11) is 0. The third-order valence-electron chi connectivity index (χ3n) is 4.12. The third kappa shape index (κ3) is 3.84. The molecule has 0 saturated heterocycles. The van der Waals surface area contributed by atoms with Crippen LogP contribution < -0.4 is 10.1 Å². The summed E-state index contributed by atoms with van der Waals surface area (Å²) in [4.78, 5) is 20.0. The maximum absolute atomic E-state index is 12.3. The van der Waals surface area contributed by atoms with Crippen molar-refractivity contribution in [1.82, 2.24) is 9.97 Å². The molecule has 0 saturated carbocycles. The van der Waals surface area contributed by atoms with Crippen LogP contribution in [-0.4, -0.2) is 22.5 Å². The lowest BCUT2D eigenvalue weighted by molar-refractivity contribution is -0.115. The number of rotatable bonds is 6. The minimum absolute atomic E-state index is 0.0794. The first-order valence-electron chi connectivity index (χ1n) is 8.76. The number of fused-ring (bicyclic) bond motifs is 1. The van der Waals surface area contributed by atoms with Gasteiger partial charge in [-0.1, -0.05) is 12.1 Å². The number of amides is 1. The Hall–Kier alpha value is -3.54. The summed E-state index contributed by atoms with van der Waals surface area (Å²) in [5.74, 6) is 2.06. The first kappa shape index (κ1) is 16.9. The van der Waals surface area contributed by atoms with E-state index in [1.165, 1.54) is 0 Å². The molecule has 4 aromatic rings. The van der Waals surface area contributed by atoms with Gasteiger partial charge in [0, 0.05) is 5.69 Å². The Morgan fingerprint density at radius 2 is 2.04 bits per heavy atom. The van der Waals surface area contributed by atoms with Gasteiger partial charge in [0.2, 0.25) is 5.91 Å². The van der Waals surface area contributed by atoms with Crippen molar-refractivity contribution in [3.05, 3.63) is 66.4 Å². The van der Waals surface area contributed by atoms with E-state index >= 15 is 0 Å². The molecule has 0 unspecified atom stereocenters. The van der Waals surface area contributed by atoms with Crippen LogP contribution >= 0.6 is 0 Å². The van der Waals surface area contributed by atoms with E-state index in [9.17, 15) is 4.79 Å². The minimum Gasteiger partial charge on any atom is -0.494 e. The van der Waals surface area contributed by atoms with Crippen molar-refractivity contribution in [3.8, 4) is 17.3 Å². The number of H-pyrrole nitrogens is 1. The third-order valence-corrected chi connectivity index (χ3v) is 4.12. The molecule has 6 heteroatoms. The van der Waals surface area contributed by atoms with Gasteiger partial charge in [-0.25, -0.2) is 4.98 Å². The Balaban J connectivity index is 1.45. The standard InChI is InChI=1S/C21H19N3O3/c1-2-26-16-8-5-14(6-9-16)12-20(25)22-15-7-10-17-18(13-15)24-21(23-17)19-4-3-11-27-19/h3-11,13H,2,12H2,1H3,(H,22,25)(H,23,24). The second-order valence-electron chi connectivity index (χ2n) is 6.10. The monoisotopic (exact) mass is 361 g/mol. The number of carbonyl (C=O) groups excluding carboxylic acids is 1. The average molecular weight is 361 g/mol. The Bertz CT molecular complexity index is 1050. The topological polar surface area (TPSA) is 80.2 Å². The van der Waals surface area contributed by atoms with Gasteiger partial charge in [0.25, 0.3) is 0 Å². The SMILES string of the molecule is CCOc1ccc(CC(=O)Nc2ccc3nc(-c4ccco4)[nH]c3c2)cc1. The van der Waals surface area contributed by atoms with E-state index in [2.05, 4.69) is 15.3 Å². The molecule has 4 rings (SSSR count). The number of aromatic amines is 1. The van der Waals surface area contributed by atoms with Crippen molar-refractivity contribution < 1.29 is 13.9 Å². The molecule has 0 aliphatic carbocycles. The molecule has 2 N–H and O–H groups in total. The number of hydrogen-bond donors (Lipinski definition) is 2. The van der Waals surface area contributed by atoms with Crippen LogP contribution in [0.15, 0.2) is 65.3 Å². The molecule has 136 valence electrons. The number of ether oxygens (including phenoxy) is 1. The Kier molecular flexibility index (Phi) is 4.61. The number of nitrogens with one attached hydrogen (secondary N) is 2. The summed E-state index contributed by atoms with van der Waals surface area (Å²) in [5.41, 5.74) is 3.29. The molecular formula is C21H19N3O3. The number of anilines is 1. The fraction of sp³-hybridized carbons (Fsp3) is 0.143. The molecule has 0 fully saturated rings. The Labute approximate surface area is 156 Å². The van der Waals surface area contributed by atoms with E-state index in [-0.39, 0.29) is 5.91 Å². The number of benzene rings is 2. The minimum atomic E-state index is -0.0794. The first-order valence-corrected chi connectivity index (χ1v) is 8.76. The van der Waals surface area contributed by atoms with Gasteiger partial charge in [0.15, 0.2) is 11.6 Å². The normalized spacial score (nSPS) is 10.9. The molecule has 0 radical (unpaired) electrons. The molecule has 0 atom stereocenters. The maximum atomic E-state index is 12.3. The summed E-state index contributed by atoms with van der Waals surface area (Å²) in [6.45, 7) is 2.56. The molecule has 0 spiro atoms. The van der Waals surface area contributed by atoms with Crippen molar-refractivity contribution >= 4 is 22.6 Å². The summed E-state index contributed by atoms with van der Waals surface area (Å²) in [5, 5.41) is 2.92. The highest BCUT2D eigenvalue weighted by molar-refractivity contribution is 5.94. The number of nitrogens with zero attached hydrogens (tertiary/aromatic N) is 1. The van der Waals surface area contributed by atoms with E-state index in [4.69, 9.17) is 9.15 Å². The van der Waals surface area contributed by atoms with Gasteiger partial charge in [-0.05, 0) is 55.0 Å². The van der Waals surface area contributed by atoms with Crippen LogP contribution in [0.4, 0.5) is 5.69 Å². The summed E-state index contributed by atoms with van der Waals surface area (Å²) >= 11 is 0. The molecule has 2 aromatic heterocycles. The Morgan fingerprint density at radius 3 is 2.78 bits per heavy atom. The first-order chi connectivity index (χ1) is 13.2. The zero-order valence-corrected chi connectivity index (χ0v) is 14.9. The van der Waals surface area contributed by atoms with Crippen LogP contribution in [0.5, 0.6) is 5.75 Å². The largest absolute Gasteiger partial charge is 0.494 e. The maximum Gasteiger partial charge on any atom is 0.228 e. The molecule has 6 nitrogen and oxygen atoms in total. The van der Waals surface area contributed by atoms with Crippen LogP contribution in [0.2, 0.25) is 0 Å². The Morgan fingerprint density at radius 1 is 1.19 bits per heavy atom. The second-order valence-corrected chi connectivity index (χ2v) is 6.10. The van der Waals surface area contributed by atoms with Gasteiger partial charge < -0.3 is 19.5 Å². The van der Waals surface area contributed by atoms with E-state index in [1.54, 1.807) is 6.26 Å². The van der Waals surface area contributed by atoms with Crippen LogP contribution in [0, 0.1) is 0 Å². The van der Waals surface area contributed by atoms with E-state index in [0.29, 0.717) is 30.3 Å². The molecule has 0 bridgehead atoms. The van der Waals surface area contributed by atoms with Crippen molar-refractivity contribution in [2.75, 3.05) is 11.9 Å². The summed E-state index contributed by atoms with van der Waals surface area (Å²) in [6.07, 6.45) is 1.90. The van der Waals surface area contributed by atoms with Crippen molar-refractivity contribution in [1.29, 1.82) is 0 Å². The predicted molar refractivity (Wildman–Crippen MR) is 104 cm³/mol. The lowest BCUT2D eigenvalue weighted by atomic mass is 10.1. The predicted octanol–water partition coefficient (Wildman–Crippen LogP) is 4.40. The van der Waals surface area contributed by atoms with Crippen LogP contribution in [-0.2, 0) is 11.2 Å². The quantitative estimate of drug-likeness (QED) is 0.533. The number of aromatic nitrogens is 2. The van der Waals surface area contributed by atoms with Gasteiger partial charge >= 0.3 is 0 Å². The van der Waals surface area contributed by atoms with Crippen LogP contribution in [0.1, 0.15) is 12.5 Å². The number of imidazole rings is 1. The highest BCUT2D eigenvalue weighted by atomic mass is 16.5. The number of carbonyl (C=O) groups is 1. The molecule has 0 aliphatic rings. The van der Waals surface area contributed by atoms with E-state index in [1.807, 2.05) is 61.5 Å². The van der Waals surface area contributed by atoms with Crippen molar-refractivity contribution in [3.63, 3.8) is 0 Å². The molecule has 2 aromatic carbocycles. The molecule has 2 heterocycles. The lowest BCUT2D eigenvalue weighted by Crippen LogP contribution is -2.14. The zero-order chi connectivity index (χ0) is 18.6. The van der Waals surface area contributed by atoms with Gasteiger partial charge in [-0.2, -0.15) is 0 Å². The molecule has 0 aliphatic heterocycles. The highest BCUT2D eigenvalue weighted by Crippen LogP contribution is 2.23. The lowest BCUT2D eigenvalue weighted by Gasteiger charge is -2.07. The number of furan rings is 1. The molecule has 27 heavy (non-hydrogen) atoms. The number of hydrogen-bond acceptors (Lipinski definition) is 4. The van der Waals surface area contributed by atoms with Crippen LogP contribution in [0.25, 0.3) is 22.6 Å². The molecular weight excluding hydrogens is 342 g/mol. The van der Waals surface area contributed by atoms with Crippen LogP contribution in [0.3, 0.4) is 0 Å². The fourth-order valence-electron chi connectivity index (χ4n) is 2.88. The van der Waals surface area contributed by atoms with Gasteiger partial charge in [-0.15, -0.1) is 0 Å². The summed E-state index contributed by atoms with van der Waals surface area (Å²) in [6, 6.07) is 16.8. The van der Waals surface area contributed by atoms with E-state index in [0.717, 1.165) is 22.3 Å². The van der Waals surface area contributed by atoms with Crippen molar-refractivity contribution in [2.24, 2.45) is 0 Å². The smallest absolute Gasteiger partial charge is 0.228 e.